The van der Waals surface area contributed by atoms with Crippen LogP contribution in [0.2, 0.25) is 0 Å². The number of carbonyl (C=O) groups is 2. The highest BCUT2D eigenvalue weighted by Gasteiger charge is 2.59. The van der Waals surface area contributed by atoms with Crippen molar-refractivity contribution in [1.29, 1.82) is 0 Å². The van der Waals surface area contributed by atoms with Gasteiger partial charge in [0, 0.05) is 22.0 Å². The average molecular weight is 534 g/mol. The van der Waals surface area contributed by atoms with Crippen molar-refractivity contribution < 1.29 is 41.7 Å². The minimum atomic E-state index is -4.70. The van der Waals surface area contributed by atoms with Crippen molar-refractivity contribution in [2.45, 2.75) is 63.3 Å². The van der Waals surface area contributed by atoms with Gasteiger partial charge >= 0.3 is 22.3 Å². The average Bonchev–Trinajstić information content (AvgIpc) is 3.19. The van der Waals surface area contributed by atoms with Crippen molar-refractivity contribution in [3.05, 3.63) is 23.8 Å². The number of hydrogen-bond donors (Lipinski definition) is 4. The number of aliphatic hydroxyl groups is 1. The van der Waals surface area contributed by atoms with Gasteiger partial charge in [0.1, 0.15) is 12.6 Å². The summed E-state index contributed by atoms with van der Waals surface area (Å²) in [4.78, 5) is 23.7. The van der Waals surface area contributed by atoms with E-state index in [1.54, 1.807) is 13.0 Å². The maximum atomic E-state index is 12.4. The Morgan fingerprint density at radius 3 is 2.63 bits per heavy atom. The fourth-order valence-electron chi connectivity index (χ4n) is 6.35. The predicted octanol–water partition coefficient (Wildman–Crippen LogP) is 1.94. The maximum absolute atomic E-state index is 12.4. The molecule has 5 N–H and O–H groups in total. The van der Waals surface area contributed by atoms with Gasteiger partial charge in [-0.2, -0.15) is 20.2 Å². The standard InChI is InChI=1S/C23H35NO9S2/c1-13-4-5-18-22(2,8-6-19(23(18,3)12-25)33-35(29,30)31)15(13)10-17(14-7-9-32-21(14)28)34-11-16(24)20(26)27/h7,15-19,25H,1,4-6,8-12,24H2,2-3H3,(H,26,27)(H,29,30,31)/t15-,16+,17-,18+,19-,22+,23+/m1/s1. The number of hydrogen-bond acceptors (Lipinski definition) is 9. The Kier molecular flexibility index (Phi) is 8.45. The summed E-state index contributed by atoms with van der Waals surface area (Å²) in [7, 11) is -4.70. The van der Waals surface area contributed by atoms with E-state index in [-0.39, 0.29) is 36.1 Å². The van der Waals surface area contributed by atoms with Gasteiger partial charge in [0.2, 0.25) is 0 Å². The number of carbonyl (C=O) groups excluding carboxylic acids is 1. The van der Waals surface area contributed by atoms with Gasteiger partial charge < -0.3 is 20.7 Å². The van der Waals surface area contributed by atoms with Crippen LogP contribution in [0, 0.1) is 22.7 Å². The van der Waals surface area contributed by atoms with Crippen molar-refractivity contribution in [2.24, 2.45) is 28.4 Å². The number of aliphatic carboxylic acids is 1. The molecule has 12 heteroatoms. The Labute approximate surface area is 210 Å². The summed E-state index contributed by atoms with van der Waals surface area (Å²) in [5, 5.41) is 19.2. The second-order valence-electron chi connectivity index (χ2n) is 10.3. The number of nitrogens with two attached hydrogens (primary N) is 1. The summed E-state index contributed by atoms with van der Waals surface area (Å²) in [6.45, 7) is 8.03. The summed E-state index contributed by atoms with van der Waals surface area (Å²) in [5.41, 5.74) is 5.88. The van der Waals surface area contributed by atoms with E-state index in [4.69, 9.17) is 14.7 Å². The predicted molar refractivity (Wildman–Crippen MR) is 130 cm³/mol. The van der Waals surface area contributed by atoms with E-state index in [1.165, 1.54) is 11.8 Å². The quantitative estimate of drug-likeness (QED) is 0.183. The lowest BCUT2D eigenvalue weighted by Gasteiger charge is -2.60. The normalized spacial score (nSPS) is 35.1. The Morgan fingerprint density at radius 2 is 2.09 bits per heavy atom. The number of rotatable bonds is 10. The summed E-state index contributed by atoms with van der Waals surface area (Å²) in [6, 6.07) is -1.08. The van der Waals surface area contributed by atoms with Crippen LogP contribution >= 0.6 is 11.8 Å². The molecule has 10 nitrogen and oxygen atoms in total. The molecule has 3 rings (SSSR count). The van der Waals surface area contributed by atoms with Crippen LogP contribution in [0.15, 0.2) is 23.8 Å². The van der Waals surface area contributed by atoms with E-state index in [1.807, 2.05) is 0 Å². The molecule has 0 radical (unpaired) electrons. The first-order valence-electron chi connectivity index (χ1n) is 11.6. The van der Waals surface area contributed by atoms with E-state index in [9.17, 15) is 32.8 Å². The molecule has 0 aromatic rings. The van der Waals surface area contributed by atoms with E-state index in [0.717, 1.165) is 5.57 Å². The van der Waals surface area contributed by atoms with Gasteiger partial charge in [-0.1, -0.05) is 26.0 Å². The number of aliphatic hydroxyl groups excluding tert-OH is 1. The van der Waals surface area contributed by atoms with Gasteiger partial charge in [-0.05, 0) is 55.4 Å². The van der Waals surface area contributed by atoms with E-state index in [0.29, 0.717) is 37.7 Å². The Morgan fingerprint density at radius 1 is 1.40 bits per heavy atom. The van der Waals surface area contributed by atoms with E-state index >= 15 is 0 Å². The molecule has 0 bridgehead atoms. The Bertz CT molecular complexity index is 997. The fraction of sp³-hybridized carbons (Fsp3) is 0.739. The number of ether oxygens (including phenoxy) is 1. The van der Waals surface area contributed by atoms with Gasteiger partial charge in [-0.3, -0.25) is 9.35 Å². The summed E-state index contributed by atoms with van der Waals surface area (Å²) in [5.74, 6) is -1.67. The largest absolute Gasteiger partial charge is 0.480 e. The molecule has 198 valence electrons. The third-order valence-corrected chi connectivity index (χ3v) is 10.1. The van der Waals surface area contributed by atoms with Crippen molar-refractivity contribution >= 4 is 34.1 Å². The molecule has 1 aliphatic heterocycles. The van der Waals surface area contributed by atoms with Gasteiger partial charge in [-0.15, -0.1) is 0 Å². The number of thioether (sulfide) groups is 1. The SMILES string of the molecule is C=C1CC[C@@H]2[C@](C)(CO)[C@H](OS(=O)(=O)O)CC[C@@]2(C)[C@@H]1C[C@@H](SC[C@H](N)C(=O)O)C1=CCOC1=O. The molecule has 1 heterocycles. The number of carboxylic acids is 1. The molecule has 7 atom stereocenters. The summed E-state index contributed by atoms with van der Waals surface area (Å²) in [6.07, 6.45) is 3.52. The topological polar surface area (TPSA) is 173 Å². The van der Waals surface area contributed by atoms with Crippen molar-refractivity contribution in [2.75, 3.05) is 19.0 Å². The third kappa shape index (κ3) is 5.78. The molecule has 0 aromatic heterocycles. The Balaban J connectivity index is 1.91. The molecule has 0 saturated heterocycles. The molecule has 0 aromatic carbocycles. The number of fused-ring (bicyclic) bond motifs is 1. The van der Waals surface area contributed by atoms with Crippen molar-refractivity contribution in [3.63, 3.8) is 0 Å². The summed E-state index contributed by atoms with van der Waals surface area (Å²) >= 11 is 1.30. The highest BCUT2D eigenvalue weighted by atomic mass is 32.3. The van der Waals surface area contributed by atoms with Crippen LogP contribution in [0.1, 0.15) is 46.0 Å². The second kappa shape index (κ2) is 10.5. The first-order chi connectivity index (χ1) is 16.2. The molecule has 2 fully saturated rings. The highest BCUT2D eigenvalue weighted by Crippen LogP contribution is 2.63. The van der Waals surface area contributed by atoms with Gasteiger partial charge in [0.05, 0.1) is 12.7 Å². The third-order valence-electron chi connectivity index (χ3n) is 8.24. The molecule has 2 saturated carbocycles. The van der Waals surface area contributed by atoms with Crippen LogP contribution in [0.25, 0.3) is 0 Å². The van der Waals surface area contributed by atoms with Crippen LogP contribution in [0.3, 0.4) is 0 Å². The van der Waals surface area contributed by atoms with Crippen LogP contribution < -0.4 is 5.73 Å². The zero-order chi connectivity index (χ0) is 26.2. The van der Waals surface area contributed by atoms with E-state index < -0.39 is 45.3 Å². The Hall–Kier alpha value is -1.44. The molecule has 0 amide bonds. The molecular weight excluding hydrogens is 498 g/mol. The maximum Gasteiger partial charge on any atom is 0.397 e. The van der Waals surface area contributed by atoms with Gasteiger partial charge in [0.15, 0.2) is 0 Å². The number of esters is 1. The number of allylic oxidation sites excluding steroid dienone is 1. The van der Waals surface area contributed by atoms with Crippen LogP contribution in [-0.4, -0.2) is 71.5 Å². The molecule has 0 spiro atoms. The molecule has 3 aliphatic rings. The zero-order valence-electron chi connectivity index (χ0n) is 20.0. The number of cyclic esters (lactones) is 1. The lowest BCUT2D eigenvalue weighted by molar-refractivity contribution is -0.144. The van der Waals surface area contributed by atoms with Crippen LogP contribution in [-0.2, 0) is 28.9 Å². The van der Waals surface area contributed by atoms with E-state index in [2.05, 4.69) is 13.5 Å². The lowest BCUT2D eigenvalue weighted by atomic mass is 9.46. The summed E-state index contributed by atoms with van der Waals surface area (Å²) < 4.78 is 42.4. The monoisotopic (exact) mass is 533 g/mol. The van der Waals surface area contributed by atoms with Gasteiger partial charge in [0.25, 0.3) is 0 Å². The first kappa shape index (κ1) is 28.1. The van der Waals surface area contributed by atoms with Crippen molar-refractivity contribution in [3.8, 4) is 0 Å². The smallest absolute Gasteiger partial charge is 0.397 e. The lowest BCUT2D eigenvalue weighted by Crippen LogP contribution is -2.58. The minimum Gasteiger partial charge on any atom is -0.480 e. The molecular formula is C23H35NO9S2. The van der Waals surface area contributed by atoms with Crippen LogP contribution in [0.5, 0.6) is 0 Å². The minimum absolute atomic E-state index is 0.0911. The molecule has 0 unspecified atom stereocenters. The van der Waals surface area contributed by atoms with Crippen LogP contribution in [0.4, 0.5) is 0 Å². The van der Waals surface area contributed by atoms with Gasteiger partial charge in [-0.25, -0.2) is 8.98 Å². The molecule has 35 heavy (non-hydrogen) atoms. The first-order valence-corrected chi connectivity index (χ1v) is 14.1. The number of carboxylic acid groups (broad SMARTS) is 1. The van der Waals surface area contributed by atoms with Crippen molar-refractivity contribution in [1.82, 2.24) is 0 Å². The highest BCUT2D eigenvalue weighted by molar-refractivity contribution is 8.00. The zero-order valence-corrected chi connectivity index (χ0v) is 21.6. The molecule has 2 aliphatic carbocycles. The fourth-order valence-corrected chi connectivity index (χ4v) is 8.24. The second-order valence-corrected chi connectivity index (χ2v) is 12.6.